The van der Waals surface area contributed by atoms with Crippen LogP contribution in [0.3, 0.4) is 0 Å². The van der Waals surface area contributed by atoms with Crippen molar-refractivity contribution in [3.8, 4) is 5.95 Å². The lowest BCUT2D eigenvalue weighted by atomic mass is 10.1. The molecule has 1 fully saturated rings. The van der Waals surface area contributed by atoms with Crippen LogP contribution in [0.5, 0.6) is 0 Å². The van der Waals surface area contributed by atoms with E-state index < -0.39 is 23.7 Å². The third kappa shape index (κ3) is 4.14. The van der Waals surface area contributed by atoms with Gasteiger partial charge >= 0.3 is 6.18 Å². The summed E-state index contributed by atoms with van der Waals surface area (Å²) in [6, 6.07) is 1.92. The van der Waals surface area contributed by atoms with Gasteiger partial charge in [0.2, 0.25) is 0 Å². The molecule has 1 saturated carbocycles. The highest BCUT2D eigenvalue weighted by Gasteiger charge is 2.35. The lowest BCUT2D eigenvalue weighted by Gasteiger charge is -2.29. The predicted molar refractivity (Wildman–Crippen MR) is 98.4 cm³/mol. The number of alkyl halides is 3. The number of amides is 1. The fourth-order valence-electron chi connectivity index (χ4n) is 3.10. The molecule has 3 heterocycles. The number of carbonyl (C=O) groups excluding carboxylic acids is 1. The zero-order chi connectivity index (χ0) is 21.3. The number of hydrogen-bond donors (Lipinski definition) is 0. The van der Waals surface area contributed by atoms with Gasteiger partial charge in [-0.25, -0.2) is 15.0 Å². The number of rotatable bonds is 6. The van der Waals surface area contributed by atoms with Crippen LogP contribution in [0.1, 0.15) is 47.6 Å². The molecule has 0 N–H and O–H groups in total. The van der Waals surface area contributed by atoms with E-state index in [2.05, 4.69) is 25.0 Å². The van der Waals surface area contributed by atoms with Crippen molar-refractivity contribution in [1.29, 1.82) is 0 Å². The van der Waals surface area contributed by atoms with Gasteiger partial charge in [0, 0.05) is 31.3 Å². The summed E-state index contributed by atoms with van der Waals surface area (Å²) < 4.78 is 40.6. The van der Waals surface area contributed by atoms with Crippen LogP contribution in [0.25, 0.3) is 5.95 Å². The third-order valence-electron chi connectivity index (χ3n) is 4.88. The summed E-state index contributed by atoms with van der Waals surface area (Å²) in [7, 11) is 0. The predicted octanol–water partition coefficient (Wildman–Crippen LogP) is 3.08. The van der Waals surface area contributed by atoms with Gasteiger partial charge in [0.15, 0.2) is 5.82 Å². The first-order valence-electron chi connectivity index (χ1n) is 9.35. The van der Waals surface area contributed by atoms with Crippen molar-refractivity contribution in [1.82, 2.24) is 34.6 Å². The SMILES string of the molecule is C[C@@H](c1ncnn1-c1ncccn1)N(CC1CC1)C(=O)c1cncc(C(F)(F)F)c1. The molecule has 0 aliphatic heterocycles. The molecular weight excluding hydrogens is 399 g/mol. The Morgan fingerprint density at radius 3 is 2.63 bits per heavy atom. The normalized spacial score (nSPS) is 15.1. The quantitative estimate of drug-likeness (QED) is 0.612. The van der Waals surface area contributed by atoms with Crippen molar-refractivity contribution < 1.29 is 18.0 Å². The average molecular weight is 417 g/mol. The second-order valence-electron chi connectivity index (χ2n) is 7.12. The molecular formula is C19H18F3N7O. The van der Waals surface area contributed by atoms with E-state index in [1.807, 2.05) is 0 Å². The largest absolute Gasteiger partial charge is 0.417 e. The molecule has 0 bridgehead atoms. The monoisotopic (exact) mass is 417 g/mol. The molecule has 1 aliphatic rings. The molecule has 0 spiro atoms. The van der Waals surface area contributed by atoms with Gasteiger partial charge in [-0.15, -0.1) is 0 Å². The van der Waals surface area contributed by atoms with Gasteiger partial charge in [0.05, 0.1) is 17.2 Å². The Morgan fingerprint density at radius 1 is 1.23 bits per heavy atom. The Hall–Kier alpha value is -3.37. The number of hydrogen-bond acceptors (Lipinski definition) is 6. The van der Waals surface area contributed by atoms with Crippen LogP contribution in [0.2, 0.25) is 0 Å². The minimum atomic E-state index is -4.58. The highest BCUT2D eigenvalue weighted by molar-refractivity contribution is 5.94. The van der Waals surface area contributed by atoms with Crippen molar-refractivity contribution in [2.75, 3.05) is 6.54 Å². The first-order valence-corrected chi connectivity index (χ1v) is 9.35. The van der Waals surface area contributed by atoms with Crippen molar-refractivity contribution >= 4 is 5.91 Å². The summed E-state index contributed by atoms with van der Waals surface area (Å²) >= 11 is 0. The van der Waals surface area contributed by atoms with Gasteiger partial charge in [-0.2, -0.15) is 23.0 Å². The third-order valence-corrected chi connectivity index (χ3v) is 4.88. The zero-order valence-electron chi connectivity index (χ0n) is 16.0. The van der Waals surface area contributed by atoms with Gasteiger partial charge in [-0.05, 0) is 37.8 Å². The van der Waals surface area contributed by atoms with Crippen LogP contribution >= 0.6 is 0 Å². The summed E-state index contributed by atoms with van der Waals surface area (Å²) in [5, 5.41) is 4.14. The maximum atomic E-state index is 13.2. The van der Waals surface area contributed by atoms with Gasteiger partial charge < -0.3 is 4.90 Å². The summed E-state index contributed by atoms with van der Waals surface area (Å²) in [5.41, 5.74) is -1.09. The first kappa shape index (κ1) is 19.9. The minimum Gasteiger partial charge on any atom is -0.328 e. The van der Waals surface area contributed by atoms with Crippen molar-refractivity contribution in [3.63, 3.8) is 0 Å². The van der Waals surface area contributed by atoms with Crippen molar-refractivity contribution in [3.05, 3.63) is 60.2 Å². The summed E-state index contributed by atoms with van der Waals surface area (Å²) in [5.74, 6) is 0.461. The highest BCUT2D eigenvalue weighted by Crippen LogP contribution is 2.34. The molecule has 11 heteroatoms. The smallest absolute Gasteiger partial charge is 0.328 e. The molecule has 4 rings (SSSR count). The molecule has 0 radical (unpaired) electrons. The molecule has 0 saturated heterocycles. The van der Waals surface area contributed by atoms with Crippen molar-refractivity contribution in [2.24, 2.45) is 5.92 Å². The van der Waals surface area contributed by atoms with E-state index in [1.165, 1.54) is 15.9 Å². The minimum absolute atomic E-state index is 0.126. The molecule has 156 valence electrons. The zero-order valence-corrected chi connectivity index (χ0v) is 16.0. The van der Waals surface area contributed by atoms with Gasteiger partial charge in [-0.1, -0.05) is 0 Å². The Bertz CT molecular complexity index is 1030. The van der Waals surface area contributed by atoms with E-state index in [4.69, 9.17) is 0 Å². The average Bonchev–Trinajstić information content (AvgIpc) is 3.43. The van der Waals surface area contributed by atoms with Gasteiger partial charge in [0.1, 0.15) is 6.33 Å². The standard InChI is InChI=1S/C19H18F3N7O/c1-12(16-26-11-27-29(16)18-24-5-2-6-25-18)28(10-13-3-4-13)17(30)14-7-15(9-23-8-14)19(20,21)22/h2,5-9,11-13H,3-4,10H2,1H3/t12-/m0/s1. The Kier molecular flexibility index (Phi) is 5.18. The van der Waals surface area contributed by atoms with E-state index in [0.717, 1.165) is 25.1 Å². The van der Waals surface area contributed by atoms with Gasteiger partial charge in [-0.3, -0.25) is 9.78 Å². The molecule has 0 aromatic carbocycles. The Labute approximate surface area is 169 Å². The maximum absolute atomic E-state index is 13.2. The van der Waals surface area contributed by atoms with E-state index in [0.29, 0.717) is 24.5 Å². The van der Waals surface area contributed by atoms with Crippen molar-refractivity contribution in [2.45, 2.75) is 32.0 Å². The lowest BCUT2D eigenvalue weighted by Crippen LogP contribution is -2.37. The van der Waals surface area contributed by atoms with E-state index >= 15 is 0 Å². The fraction of sp³-hybridized carbons (Fsp3) is 0.368. The van der Waals surface area contributed by atoms with Crippen LogP contribution in [-0.2, 0) is 6.18 Å². The van der Waals surface area contributed by atoms with Crippen LogP contribution in [0, 0.1) is 5.92 Å². The molecule has 1 atom stereocenters. The van der Waals surface area contributed by atoms with Crippen LogP contribution in [0.15, 0.2) is 43.2 Å². The maximum Gasteiger partial charge on any atom is 0.417 e. The number of halogens is 3. The highest BCUT2D eigenvalue weighted by atomic mass is 19.4. The Balaban J connectivity index is 1.67. The number of carbonyl (C=O) groups is 1. The molecule has 8 nitrogen and oxygen atoms in total. The Morgan fingerprint density at radius 2 is 1.97 bits per heavy atom. The van der Waals surface area contributed by atoms with Crippen LogP contribution < -0.4 is 0 Å². The number of pyridine rings is 1. The molecule has 1 aliphatic carbocycles. The molecule has 30 heavy (non-hydrogen) atoms. The number of nitrogens with zero attached hydrogens (tertiary/aromatic N) is 7. The fourth-order valence-corrected chi connectivity index (χ4v) is 3.10. The van der Waals surface area contributed by atoms with E-state index in [1.54, 1.807) is 25.4 Å². The van der Waals surface area contributed by atoms with Crippen LogP contribution in [0.4, 0.5) is 13.2 Å². The molecule has 0 unspecified atom stereocenters. The molecule has 1 amide bonds. The summed E-state index contributed by atoms with van der Waals surface area (Å²) in [6.07, 6.45) is 3.64. The number of aromatic nitrogens is 6. The second kappa shape index (κ2) is 7.81. The topological polar surface area (TPSA) is 89.7 Å². The summed E-state index contributed by atoms with van der Waals surface area (Å²) in [4.78, 5) is 30.9. The van der Waals surface area contributed by atoms with E-state index in [-0.39, 0.29) is 11.5 Å². The molecule has 3 aromatic heterocycles. The van der Waals surface area contributed by atoms with Gasteiger partial charge in [0.25, 0.3) is 11.9 Å². The van der Waals surface area contributed by atoms with Crippen LogP contribution in [-0.4, -0.2) is 47.1 Å². The van der Waals surface area contributed by atoms with E-state index in [9.17, 15) is 18.0 Å². The second-order valence-corrected chi connectivity index (χ2v) is 7.12. The molecule has 3 aromatic rings. The summed E-state index contributed by atoms with van der Waals surface area (Å²) in [6.45, 7) is 2.16. The lowest BCUT2D eigenvalue weighted by molar-refractivity contribution is -0.137. The first-order chi connectivity index (χ1) is 14.3.